The van der Waals surface area contributed by atoms with Crippen LogP contribution in [-0.4, -0.2) is 31.4 Å². The molecule has 0 radical (unpaired) electrons. The highest BCUT2D eigenvalue weighted by Crippen LogP contribution is 2.13. The fourth-order valence-electron chi connectivity index (χ4n) is 1.24. The standard InChI is InChI=1S/C11H17N3O2S.ClH/c1-2-3-13-4-5-14-11(16)9-6-8(7-17-9)10(12)15;/h6-7,13H,2-5H2,1H3,(H2,12,15)(H,14,16);1H. The highest BCUT2D eigenvalue weighted by molar-refractivity contribution is 7.12. The Morgan fingerprint density at radius 2 is 2.06 bits per heavy atom. The molecule has 0 aromatic carbocycles. The molecule has 2 amide bonds. The summed E-state index contributed by atoms with van der Waals surface area (Å²) in [6.07, 6.45) is 1.07. The van der Waals surface area contributed by atoms with E-state index in [1.165, 1.54) is 17.4 Å². The monoisotopic (exact) mass is 291 g/mol. The highest BCUT2D eigenvalue weighted by Gasteiger charge is 2.10. The van der Waals surface area contributed by atoms with Crippen LogP contribution in [0.15, 0.2) is 11.4 Å². The van der Waals surface area contributed by atoms with Crippen LogP contribution in [0.5, 0.6) is 0 Å². The van der Waals surface area contributed by atoms with E-state index in [0.717, 1.165) is 19.5 Å². The van der Waals surface area contributed by atoms with Crippen molar-refractivity contribution < 1.29 is 9.59 Å². The quantitative estimate of drug-likeness (QED) is 0.655. The summed E-state index contributed by atoms with van der Waals surface area (Å²) in [7, 11) is 0. The normalized spacial score (nSPS) is 9.61. The average molecular weight is 292 g/mol. The van der Waals surface area contributed by atoms with Crippen LogP contribution in [-0.2, 0) is 0 Å². The van der Waals surface area contributed by atoms with Crippen molar-refractivity contribution in [3.8, 4) is 0 Å². The van der Waals surface area contributed by atoms with E-state index in [0.29, 0.717) is 17.0 Å². The fraction of sp³-hybridized carbons (Fsp3) is 0.455. The molecular weight excluding hydrogens is 274 g/mol. The Bertz CT molecular complexity index is 395. The molecule has 0 spiro atoms. The van der Waals surface area contributed by atoms with E-state index in [1.807, 2.05) is 0 Å². The molecule has 102 valence electrons. The van der Waals surface area contributed by atoms with Crippen molar-refractivity contribution in [1.82, 2.24) is 10.6 Å². The summed E-state index contributed by atoms with van der Waals surface area (Å²) >= 11 is 1.22. The summed E-state index contributed by atoms with van der Waals surface area (Å²) in [5, 5.41) is 7.54. The molecular formula is C11H18ClN3O2S. The van der Waals surface area contributed by atoms with Gasteiger partial charge in [0.05, 0.1) is 10.4 Å². The molecule has 1 aromatic rings. The minimum Gasteiger partial charge on any atom is -0.366 e. The van der Waals surface area contributed by atoms with Crippen LogP contribution in [0.3, 0.4) is 0 Å². The van der Waals surface area contributed by atoms with Crippen molar-refractivity contribution >= 4 is 35.6 Å². The lowest BCUT2D eigenvalue weighted by Crippen LogP contribution is -2.31. The van der Waals surface area contributed by atoms with Gasteiger partial charge in [-0.25, -0.2) is 0 Å². The smallest absolute Gasteiger partial charge is 0.261 e. The van der Waals surface area contributed by atoms with Crippen LogP contribution in [0.25, 0.3) is 0 Å². The first-order valence-corrected chi connectivity index (χ1v) is 6.40. The first-order chi connectivity index (χ1) is 8.15. The Labute approximate surface area is 117 Å². The number of carbonyl (C=O) groups excluding carboxylic acids is 2. The third-order valence-corrected chi connectivity index (χ3v) is 3.05. The van der Waals surface area contributed by atoms with Crippen LogP contribution in [0.4, 0.5) is 0 Å². The molecule has 0 atom stereocenters. The van der Waals surface area contributed by atoms with E-state index in [-0.39, 0.29) is 18.3 Å². The van der Waals surface area contributed by atoms with Crippen molar-refractivity contribution in [3.63, 3.8) is 0 Å². The molecule has 1 rings (SSSR count). The van der Waals surface area contributed by atoms with Crippen LogP contribution >= 0.6 is 23.7 Å². The largest absolute Gasteiger partial charge is 0.366 e. The first kappa shape index (κ1) is 16.9. The first-order valence-electron chi connectivity index (χ1n) is 5.52. The second kappa shape index (κ2) is 8.91. The van der Waals surface area contributed by atoms with Gasteiger partial charge in [0.1, 0.15) is 0 Å². The number of thiophene rings is 1. The Morgan fingerprint density at radius 3 is 2.61 bits per heavy atom. The van der Waals surface area contributed by atoms with E-state index in [4.69, 9.17) is 5.73 Å². The second-order valence-electron chi connectivity index (χ2n) is 3.57. The van der Waals surface area contributed by atoms with Gasteiger partial charge in [-0.15, -0.1) is 23.7 Å². The minimum absolute atomic E-state index is 0. The molecule has 0 aliphatic heterocycles. The molecule has 5 nitrogen and oxygen atoms in total. The number of primary amides is 1. The van der Waals surface area contributed by atoms with Gasteiger partial charge in [-0.05, 0) is 19.0 Å². The summed E-state index contributed by atoms with van der Waals surface area (Å²) in [5.74, 6) is -0.675. The number of rotatable bonds is 7. The summed E-state index contributed by atoms with van der Waals surface area (Å²) in [6, 6.07) is 1.52. The molecule has 1 heterocycles. The molecule has 18 heavy (non-hydrogen) atoms. The van der Waals surface area contributed by atoms with E-state index in [1.54, 1.807) is 5.38 Å². The van der Waals surface area contributed by atoms with Crippen molar-refractivity contribution in [3.05, 3.63) is 21.9 Å². The number of halogens is 1. The Hall–Kier alpha value is -1.11. The third kappa shape index (κ3) is 5.48. The Kier molecular flexibility index (Phi) is 8.36. The molecule has 0 aliphatic rings. The zero-order valence-electron chi connectivity index (χ0n) is 10.2. The number of amides is 2. The maximum Gasteiger partial charge on any atom is 0.261 e. The number of hydrogen-bond acceptors (Lipinski definition) is 4. The highest BCUT2D eigenvalue weighted by atomic mass is 35.5. The lowest BCUT2D eigenvalue weighted by atomic mass is 10.3. The summed E-state index contributed by atoms with van der Waals surface area (Å²) in [4.78, 5) is 23.0. The Balaban J connectivity index is 0.00000289. The number of hydrogen-bond donors (Lipinski definition) is 3. The van der Waals surface area contributed by atoms with Crippen LogP contribution in [0.1, 0.15) is 33.4 Å². The SMILES string of the molecule is CCCNCCNC(=O)c1cc(C(N)=O)cs1.Cl. The summed E-state index contributed by atoms with van der Waals surface area (Å²) in [5.41, 5.74) is 5.49. The molecule has 0 unspecified atom stereocenters. The van der Waals surface area contributed by atoms with Crippen molar-refractivity contribution in [2.24, 2.45) is 5.73 Å². The Morgan fingerprint density at radius 1 is 1.33 bits per heavy atom. The van der Waals surface area contributed by atoms with Gasteiger partial charge in [0.15, 0.2) is 0 Å². The van der Waals surface area contributed by atoms with E-state index in [2.05, 4.69) is 17.6 Å². The lowest BCUT2D eigenvalue weighted by molar-refractivity contribution is 0.0958. The fourth-order valence-corrected chi connectivity index (χ4v) is 2.05. The number of nitrogens with one attached hydrogen (secondary N) is 2. The third-order valence-electron chi connectivity index (χ3n) is 2.12. The van der Waals surface area contributed by atoms with Crippen LogP contribution < -0.4 is 16.4 Å². The molecule has 0 aliphatic carbocycles. The molecule has 0 fully saturated rings. The van der Waals surface area contributed by atoms with Crippen LogP contribution in [0, 0.1) is 0 Å². The number of nitrogens with two attached hydrogens (primary N) is 1. The zero-order chi connectivity index (χ0) is 12.7. The maximum absolute atomic E-state index is 11.6. The molecule has 7 heteroatoms. The predicted molar refractivity (Wildman–Crippen MR) is 75.6 cm³/mol. The number of carbonyl (C=O) groups is 2. The molecule has 0 saturated carbocycles. The van der Waals surface area contributed by atoms with Gasteiger partial charge in [0.2, 0.25) is 5.91 Å². The topological polar surface area (TPSA) is 84.2 Å². The van der Waals surface area contributed by atoms with Gasteiger partial charge in [0, 0.05) is 18.5 Å². The van der Waals surface area contributed by atoms with Gasteiger partial charge in [0.25, 0.3) is 5.91 Å². The summed E-state index contributed by atoms with van der Waals surface area (Å²) < 4.78 is 0. The molecule has 0 saturated heterocycles. The second-order valence-corrected chi connectivity index (χ2v) is 4.48. The van der Waals surface area contributed by atoms with Gasteiger partial charge in [-0.1, -0.05) is 6.92 Å². The minimum atomic E-state index is -0.509. The maximum atomic E-state index is 11.6. The van der Waals surface area contributed by atoms with Crippen molar-refractivity contribution in [1.29, 1.82) is 0 Å². The van der Waals surface area contributed by atoms with E-state index < -0.39 is 5.91 Å². The van der Waals surface area contributed by atoms with Gasteiger partial charge < -0.3 is 16.4 Å². The van der Waals surface area contributed by atoms with E-state index >= 15 is 0 Å². The van der Waals surface area contributed by atoms with Gasteiger partial charge >= 0.3 is 0 Å². The zero-order valence-corrected chi connectivity index (χ0v) is 11.8. The van der Waals surface area contributed by atoms with Crippen molar-refractivity contribution in [2.75, 3.05) is 19.6 Å². The molecule has 1 aromatic heterocycles. The lowest BCUT2D eigenvalue weighted by Gasteiger charge is -2.04. The molecule has 0 bridgehead atoms. The van der Waals surface area contributed by atoms with Gasteiger partial charge in [-0.3, -0.25) is 9.59 Å². The van der Waals surface area contributed by atoms with Crippen molar-refractivity contribution in [2.45, 2.75) is 13.3 Å². The van der Waals surface area contributed by atoms with Crippen LogP contribution in [0.2, 0.25) is 0 Å². The predicted octanol–water partition coefficient (Wildman–Crippen LogP) is 0.998. The average Bonchev–Trinajstić information content (AvgIpc) is 2.78. The molecule has 4 N–H and O–H groups in total. The van der Waals surface area contributed by atoms with Gasteiger partial charge in [-0.2, -0.15) is 0 Å². The summed E-state index contributed by atoms with van der Waals surface area (Å²) in [6.45, 7) is 4.35. The van der Waals surface area contributed by atoms with E-state index in [9.17, 15) is 9.59 Å².